The zero-order valence-electron chi connectivity index (χ0n) is 7.06. The largest absolute Gasteiger partial charge is 0.310 e. The van der Waals surface area contributed by atoms with Gasteiger partial charge in [-0.15, -0.1) is 0 Å². The molecule has 1 saturated carbocycles. The van der Waals surface area contributed by atoms with Crippen LogP contribution in [0.5, 0.6) is 0 Å². The van der Waals surface area contributed by atoms with Crippen LogP contribution in [0.15, 0.2) is 12.4 Å². The Morgan fingerprint density at radius 3 is 2.46 bits per heavy atom. The molecule has 4 heteroatoms. The number of halogens is 2. The summed E-state index contributed by atoms with van der Waals surface area (Å²) in [5, 5.41) is 4.64. The molecule has 0 saturated heterocycles. The maximum absolute atomic E-state index is 5.95. The Morgan fingerprint density at radius 1 is 1.31 bits per heavy atom. The first-order chi connectivity index (χ1) is 6.27. The first-order valence-electron chi connectivity index (χ1n) is 4.28. The Bertz CT molecular complexity index is 290. The first-order valence-corrected chi connectivity index (χ1v) is 5.04. The van der Waals surface area contributed by atoms with Crippen molar-refractivity contribution in [1.29, 1.82) is 0 Å². The van der Waals surface area contributed by atoms with Crippen molar-refractivity contribution in [2.75, 3.05) is 0 Å². The highest BCUT2D eigenvalue weighted by molar-refractivity contribution is 6.35. The molecule has 1 aromatic rings. The minimum Gasteiger partial charge on any atom is -0.310 e. The predicted octanol–water partition coefficient (Wildman–Crippen LogP) is 2.64. The van der Waals surface area contributed by atoms with E-state index >= 15 is 0 Å². The van der Waals surface area contributed by atoms with Crippen LogP contribution in [0.25, 0.3) is 0 Å². The standard InChI is InChI=1S/C9H10Cl2N2/c10-8-4-12-5-9(11)7(8)3-13-6-1-2-6/h4-6,13H,1-3H2. The van der Waals surface area contributed by atoms with Crippen LogP contribution in [0, 0.1) is 0 Å². The Hall–Kier alpha value is -0.310. The lowest BCUT2D eigenvalue weighted by molar-refractivity contribution is 0.687. The van der Waals surface area contributed by atoms with Crippen molar-refractivity contribution >= 4 is 23.2 Å². The third kappa shape index (κ3) is 2.33. The van der Waals surface area contributed by atoms with Crippen molar-refractivity contribution in [2.24, 2.45) is 0 Å². The van der Waals surface area contributed by atoms with Crippen molar-refractivity contribution < 1.29 is 0 Å². The SMILES string of the molecule is Clc1cncc(Cl)c1CNC1CC1. The Labute approximate surface area is 87.3 Å². The number of nitrogens with zero attached hydrogens (tertiary/aromatic N) is 1. The third-order valence-corrected chi connectivity index (χ3v) is 2.75. The molecule has 0 aromatic carbocycles. The fourth-order valence-electron chi connectivity index (χ4n) is 1.14. The second-order valence-corrected chi connectivity index (χ2v) is 4.05. The maximum atomic E-state index is 5.95. The quantitative estimate of drug-likeness (QED) is 0.841. The van der Waals surface area contributed by atoms with Crippen LogP contribution in [0.1, 0.15) is 18.4 Å². The van der Waals surface area contributed by atoms with E-state index in [9.17, 15) is 0 Å². The van der Waals surface area contributed by atoms with Crippen LogP contribution >= 0.6 is 23.2 Å². The number of aromatic nitrogens is 1. The van der Waals surface area contributed by atoms with Crippen LogP contribution in [0.3, 0.4) is 0 Å². The summed E-state index contributed by atoms with van der Waals surface area (Å²) >= 11 is 11.9. The van der Waals surface area contributed by atoms with E-state index in [0.29, 0.717) is 16.1 Å². The summed E-state index contributed by atoms with van der Waals surface area (Å²) in [5.41, 5.74) is 0.949. The molecule has 1 aliphatic rings. The summed E-state index contributed by atoms with van der Waals surface area (Å²) in [6, 6.07) is 0.667. The van der Waals surface area contributed by atoms with Crippen LogP contribution in [0.2, 0.25) is 10.0 Å². The van der Waals surface area contributed by atoms with E-state index in [-0.39, 0.29) is 0 Å². The van der Waals surface area contributed by atoms with Gasteiger partial charge in [0.1, 0.15) is 0 Å². The molecular weight excluding hydrogens is 207 g/mol. The van der Waals surface area contributed by atoms with E-state index in [2.05, 4.69) is 10.3 Å². The number of hydrogen-bond acceptors (Lipinski definition) is 2. The highest BCUT2D eigenvalue weighted by Gasteiger charge is 2.20. The van der Waals surface area contributed by atoms with Crippen molar-refractivity contribution in [1.82, 2.24) is 10.3 Å². The minimum absolute atomic E-state index is 0.639. The van der Waals surface area contributed by atoms with Gasteiger partial charge in [0.05, 0.1) is 10.0 Å². The van der Waals surface area contributed by atoms with Gasteiger partial charge in [-0.25, -0.2) is 0 Å². The van der Waals surface area contributed by atoms with Gasteiger partial charge in [0.25, 0.3) is 0 Å². The van der Waals surface area contributed by atoms with E-state index in [1.807, 2.05) is 0 Å². The summed E-state index contributed by atoms with van der Waals surface area (Å²) in [5.74, 6) is 0. The van der Waals surface area contributed by atoms with E-state index in [4.69, 9.17) is 23.2 Å². The molecule has 0 bridgehead atoms. The highest BCUT2D eigenvalue weighted by atomic mass is 35.5. The predicted molar refractivity (Wildman–Crippen MR) is 54.1 cm³/mol. The van der Waals surface area contributed by atoms with Gasteiger partial charge in [-0.2, -0.15) is 0 Å². The van der Waals surface area contributed by atoms with Crippen molar-refractivity contribution in [3.8, 4) is 0 Å². The molecule has 1 aromatic heterocycles. The molecule has 13 heavy (non-hydrogen) atoms. The lowest BCUT2D eigenvalue weighted by Gasteiger charge is -2.06. The average Bonchev–Trinajstić information content (AvgIpc) is 2.87. The topological polar surface area (TPSA) is 24.9 Å². The Balaban J connectivity index is 2.07. The Kier molecular flexibility index (Phi) is 2.72. The third-order valence-electron chi connectivity index (χ3n) is 2.10. The van der Waals surface area contributed by atoms with Crippen molar-refractivity contribution in [3.63, 3.8) is 0 Å². The first kappa shape index (κ1) is 9.25. The van der Waals surface area contributed by atoms with Gasteiger partial charge in [-0.05, 0) is 12.8 Å². The number of pyridine rings is 1. The van der Waals surface area contributed by atoms with E-state index in [1.54, 1.807) is 12.4 Å². The van der Waals surface area contributed by atoms with Crippen LogP contribution in [0.4, 0.5) is 0 Å². The maximum Gasteiger partial charge on any atom is 0.0649 e. The van der Waals surface area contributed by atoms with Gasteiger partial charge in [-0.1, -0.05) is 23.2 Å². The van der Waals surface area contributed by atoms with Gasteiger partial charge >= 0.3 is 0 Å². The number of rotatable bonds is 3. The van der Waals surface area contributed by atoms with E-state index in [0.717, 1.165) is 12.1 Å². The molecule has 2 rings (SSSR count). The van der Waals surface area contributed by atoms with Crippen LogP contribution in [-0.4, -0.2) is 11.0 Å². The summed E-state index contributed by atoms with van der Waals surface area (Å²) in [4.78, 5) is 3.90. The van der Waals surface area contributed by atoms with Crippen LogP contribution in [-0.2, 0) is 6.54 Å². The van der Waals surface area contributed by atoms with Crippen LogP contribution < -0.4 is 5.32 Å². The lowest BCUT2D eigenvalue weighted by Crippen LogP contribution is -2.15. The second kappa shape index (κ2) is 3.82. The zero-order valence-corrected chi connectivity index (χ0v) is 8.57. The molecule has 0 radical (unpaired) electrons. The monoisotopic (exact) mass is 216 g/mol. The molecule has 1 heterocycles. The molecule has 70 valence electrons. The molecular formula is C9H10Cl2N2. The molecule has 1 fully saturated rings. The highest BCUT2D eigenvalue weighted by Crippen LogP contribution is 2.25. The molecule has 0 unspecified atom stereocenters. The average molecular weight is 217 g/mol. The summed E-state index contributed by atoms with van der Waals surface area (Å²) in [7, 11) is 0. The summed E-state index contributed by atoms with van der Waals surface area (Å²) in [6.07, 6.45) is 5.77. The van der Waals surface area contributed by atoms with E-state index < -0.39 is 0 Å². The smallest absolute Gasteiger partial charge is 0.0649 e. The molecule has 0 atom stereocenters. The number of nitrogens with one attached hydrogen (secondary N) is 1. The lowest BCUT2D eigenvalue weighted by atomic mass is 10.2. The van der Waals surface area contributed by atoms with E-state index in [1.165, 1.54) is 12.8 Å². The molecule has 2 nitrogen and oxygen atoms in total. The molecule has 0 aliphatic heterocycles. The van der Waals surface area contributed by atoms with Gasteiger partial charge in [0.2, 0.25) is 0 Å². The van der Waals surface area contributed by atoms with Crippen molar-refractivity contribution in [2.45, 2.75) is 25.4 Å². The van der Waals surface area contributed by atoms with Gasteiger partial charge < -0.3 is 5.32 Å². The molecule has 0 amide bonds. The molecule has 0 spiro atoms. The van der Waals surface area contributed by atoms with Gasteiger partial charge in [0, 0.05) is 30.5 Å². The fourth-order valence-corrected chi connectivity index (χ4v) is 1.64. The number of hydrogen-bond donors (Lipinski definition) is 1. The molecule has 1 N–H and O–H groups in total. The fraction of sp³-hybridized carbons (Fsp3) is 0.444. The minimum atomic E-state index is 0.639. The molecule has 1 aliphatic carbocycles. The summed E-state index contributed by atoms with van der Waals surface area (Å²) in [6.45, 7) is 0.741. The van der Waals surface area contributed by atoms with Crippen molar-refractivity contribution in [3.05, 3.63) is 28.0 Å². The van der Waals surface area contributed by atoms with Gasteiger partial charge in [-0.3, -0.25) is 4.98 Å². The normalized spacial score (nSPS) is 16.2. The Morgan fingerprint density at radius 2 is 1.92 bits per heavy atom. The van der Waals surface area contributed by atoms with Gasteiger partial charge in [0.15, 0.2) is 0 Å². The second-order valence-electron chi connectivity index (χ2n) is 3.24. The summed E-state index contributed by atoms with van der Waals surface area (Å²) < 4.78 is 0. The zero-order chi connectivity index (χ0) is 9.26.